The van der Waals surface area contributed by atoms with Gasteiger partial charge in [-0.15, -0.1) is 11.3 Å². The normalized spacial score (nSPS) is 14.8. The van der Waals surface area contributed by atoms with Gasteiger partial charge in [0.2, 0.25) is 10.0 Å². The summed E-state index contributed by atoms with van der Waals surface area (Å²) in [6, 6.07) is 13.6. The van der Waals surface area contributed by atoms with E-state index in [4.69, 9.17) is 21.1 Å². The maximum atomic E-state index is 12.9. The molecule has 8 nitrogen and oxygen atoms in total. The van der Waals surface area contributed by atoms with Crippen LogP contribution in [0.1, 0.15) is 16.1 Å². The van der Waals surface area contributed by atoms with Gasteiger partial charge in [-0.3, -0.25) is 0 Å². The molecule has 2 heterocycles. The van der Waals surface area contributed by atoms with Gasteiger partial charge in [0.05, 0.1) is 34.4 Å². The molecule has 0 amide bonds. The Morgan fingerprint density at radius 1 is 1.19 bits per heavy atom. The highest BCUT2D eigenvalue weighted by Gasteiger charge is 2.28. The Morgan fingerprint density at radius 2 is 1.94 bits per heavy atom. The Hall–Kier alpha value is -2.50. The van der Waals surface area contributed by atoms with Crippen molar-refractivity contribution in [3.05, 3.63) is 70.2 Å². The van der Waals surface area contributed by atoms with Crippen molar-refractivity contribution in [2.75, 3.05) is 31.6 Å². The van der Waals surface area contributed by atoms with Crippen molar-refractivity contribution in [3.8, 4) is 0 Å². The molecule has 0 spiro atoms. The smallest absolute Gasteiger partial charge is 0.340 e. The van der Waals surface area contributed by atoms with Gasteiger partial charge < -0.3 is 14.8 Å². The monoisotopic (exact) mass is 493 g/mol. The van der Waals surface area contributed by atoms with E-state index in [1.54, 1.807) is 5.38 Å². The minimum Gasteiger partial charge on any atom is -0.456 e. The van der Waals surface area contributed by atoms with Crippen LogP contribution in [0.5, 0.6) is 0 Å². The SMILES string of the molecule is O=C(OCc1csc(Nc2ccccc2)n1)c1cc(S(=O)(=O)N2CCOCC2)ccc1Cl. The number of hydrogen-bond acceptors (Lipinski definition) is 8. The fraction of sp³-hybridized carbons (Fsp3) is 0.238. The van der Waals surface area contributed by atoms with Crippen LogP contribution in [0.3, 0.4) is 0 Å². The van der Waals surface area contributed by atoms with Crippen molar-refractivity contribution < 1.29 is 22.7 Å². The van der Waals surface area contributed by atoms with Gasteiger partial charge in [0.25, 0.3) is 0 Å². The minimum atomic E-state index is -3.76. The molecule has 0 bridgehead atoms. The average Bonchev–Trinajstić information content (AvgIpc) is 3.26. The van der Waals surface area contributed by atoms with Gasteiger partial charge in [0.15, 0.2) is 5.13 Å². The molecule has 0 atom stereocenters. The van der Waals surface area contributed by atoms with Gasteiger partial charge >= 0.3 is 5.97 Å². The topological polar surface area (TPSA) is 97.8 Å². The van der Waals surface area contributed by atoms with Crippen LogP contribution in [-0.4, -0.2) is 50.0 Å². The van der Waals surface area contributed by atoms with Crippen molar-refractivity contribution in [2.45, 2.75) is 11.5 Å². The molecule has 1 saturated heterocycles. The zero-order valence-corrected chi connectivity index (χ0v) is 19.3. The number of nitrogens with one attached hydrogen (secondary N) is 1. The zero-order chi connectivity index (χ0) is 22.6. The molecule has 2 aromatic carbocycles. The third-order valence-electron chi connectivity index (χ3n) is 4.69. The molecule has 0 unspecified atom stereocenters. The molecule has 0 radical (unpaired) electrons. The largest absolute Gasteiger partial charge is 0.456 e. The number of hydrogen-bond donors (Lipinski definition) is 1. The first-order valence-corrected chi connectivity index (χ1v) is 12.4. The number of anilines is 2. The van der Waals surface area contributed by atoms with Gasteiger partial charge in [-0.25, -0.2) is 18.2 Å². The van der Waals surface area contributed by atoms with E-state index in [-0.39, 0.29) is 35.2 Å². The lowest BCUT2D eigenvalue weighted by atomic mass is 10.2. The summed E-state index contributed by atoms with van der Waals surface area (Å²) in [6.45, 7) is 1.11. The van der Waals surface area contributed by atoms with Gasteiger partial charge in [0.1, 0.15) is 6.61 Å². The predicted octanol–water partition coefficient (Wildman–Crippen LogP) is 3.92. The molecule has 1 N–H and O–H groups in total. The predicted molar refractivity (Wildman–Crippen MR) is 122 cm³/mol. The number of esters is 1. The Labute approximate surface area is 194 Å². The molecule has 1 aliphatic heterocycles. The number of rotatable bonds is 7. The Kier molecular flexibility index (Phi) is 7.07. The van der Waals surface area contributed by atoms with E-state index in [0.29, 0.717) is 24.0 Å². The van der Waals surface area contributed by atoms with E-state index in [0.717, 1.165) is 5.69 Å². The first-order valence-electron chi connectivity index (χ1n) is 9.74. The zero-order valence-electron chi connectivity index (χ0n) is 16.9. The third kappa shape index (κ3) is 5.28. The average molecular weight is 494 g/mol. The molecule has 168 valence electrons. The quantitative estimate of drug-likeness (QED) is 0.498. The van der Waals surface area contributed by atoms with E-state index >= 15 is 0 Å². The highest BCUT2D eigenvalue weighted by molar-refractivity contribution is 7.89. The van der Waals surface area contributed by atoms with Crippen LogP contribution >= 0.6 is 22.9 Å². The number of sulfonamides is 1. The number of benzene rings is 2. The molecule has 3 aromatic rings. The first-order chi connectivity index (χ1) is 15.4. The number of aromatic nitrogens is 1. The van der Waals surface area contributed by atoms with Crippen LogP contribution in [0.15, 0.2) is 58.8 Å². The van der Waals surface area contributed by atoms with Crippen molar-refractivity contribution >= 4 is 49.7 Å². The molecule has 1 aromatic heterocycles. The van der Waals surface area contributed by atoms with E-state index < -0.39 is 16.0 Å². The molecular formula is C21H20ClN3O5S2. The summed E-state index contributed by atoms with van der Waals surface area (Å²) in [4.78, 5) is 17.0. The number of para-hydroxylation sites is 1. The number of nitrogens with zero attached hydrogens (tertiary/aromatic N) is 2. The van der Waals surface area contributed by atoms with Gasteiger partial charge in [-0.2, -0.15) is 4.31 Å². The molecule has 0 saturated carbocycles. The second-order valence-corrected chi connectivity index (χ2v) is 10.1. The molecule has 1 fully saturated rings. The maximum Gasteiger partial charge on any atom is 0.340 e. The highest BCUT2D eigenvalue weighted by Crippen LogP contribution is 2.25. The van der Waals surface area contributed by atoms with E-state index in [1.807, 2.05) is 30.3 Å². The fourth-order valence-corrected chi connectivity index (χ4v) is 5.39. The van der Waals surface area contributed by atoms with Gasteiger partial charge in [-0.1, -0.05) is 29.8 Å². The number of carbonyl (C=O) groups is 1. The van der Waals surface area contributed by atoms with Crippen LogP contribution < -0.4 is 5.32 Å². The lowest BCUT2D eigenvalue weighted by Crippen LogP contribution is -2.40. The molecular weight excluding hydrogens is 474 g/mol. The summed E-state index contributed by atoms with van der Waals surface area (Å²) < 4.78 is 37.6. The van der Waals surface area contributed by atoms with Crippen LogP contribution in [-0.2, 0) is 26.1 Å². The first kappa shape index (κ1) is 22.7. The summed E-state index contributed by atoms with van der Waals surface area (Å²) in [5.74, 6) is -0.723. The third-order valence-corrected chi connectivity index (χ3v) is 7.72. The highest BCUT2D eigenvalue weighted by atomic mass is 35.5. The number of morpholine rings is 1. The van der Waals surface area contributed by atoms with Crippen molar-refractivity contribution in [2.24, 2.45) is 0 Å². The van der Waals surface area contributed by atoms with Crippen molar-refractivity contribution in [1.29, 1.82) is 0 Å². The molecule has 1 aliphatic rings. The Morgan fingerprint density at radius 3 is 2.69 bits per heavy atom. The van der Waals surface area contributed by atoms with Crippen LogP contribution in [0, 0.1) is 0 Å². The fourth-order valence-electron chi connectivity index (χ4n) is 3.05. The molecule has 0 aliphatic carbocycles. The van der Waals surface area contributed by atoms with Crippen LogP contribution in [0.25, 0.3) is 0 Å². The number of thiazole rings is 1. The lowest BCUT2D eigenvalue weighted by molar-refractivity contribution is 0.0468. The summed E-state index contributed by atoms with van der Waals surface area (Å²) >= 11 is 7.53. The van der Waals surface area contributed by atoms with E-state index in [9.17, 15) is 13.2 Å². The van der Waals surface area contributed by atoms with Crippen molar-refractivity contribution in [3.63, 3.8) is 0 Å². The summed E-state index contributed by atoms with van der Waals surface area (Å²) in [6.07, 6.45) is 0. The summed E-state index contributed by atoms with van der Waals surface area (Å²) in [5, 5.41) is 5.73. The number of ether oxygens (including phenoxy) is 2. The second kappa shape index (κ2) is 9.97. The summed E-state index contributed by atoms with van der Waals surface area (Å²) in [5.41, 5.74) is 1.45. The Bertz CT molecular complexity index is 1200. The van der Waals surface area contributed by atoms with Crippen LogP contribution in [0.4, 0.5) is 10.8 Å². The molecule has 11 heteroatoms. The van der Waals surface area contributed by atoms with Crippen LogP contribution in [0.2, 0.25) is 5.02 Å². The summed E-state index contributed by atoms with van der Waals surface area (Å²) in [7, 11) is -3.76. The van der Waals surface area contributed by atoms with E-state index in [2.05, 4.69) is 10.3 Å². The maximum absolute atomic E-state index is 12.9. The lowest BCUT2D eigenvalue weighted by Gasteiger charge is -2.26. The minimum absolute atomic E-state index is 0.0149. The number of carbonyl (C=O) groups excluding carboxylic acids is 1. The van der Waals surface area contributed by atoms with Gasteiger partial charge in [-0.05, 0) is 30.3 Å². The Balaban J connectivity index is 1.43. The van der Waals surface area contributed by atoms with Crippen molar-refractivity contribution in [1.82, 2.24) is 9.29 Å². The molecule has 4 rings (SSSR count). The van der Waals surface area contributed by atoms with E-state index in [1.165, 1.54) is 33.8 Å². The second-order valence-electron chi connectivity index (χ2n) is 6.87. The van der Waals surface area contributed by atoms with Gasteiger partial charge in [0, 0.05) is 24.2 Å². The molecule has 32 heavy (non-hydrogen) atoms. The number of halogens is 1. The standard InChI is InChI=1S/C21H20ClN3O5S2/c22-19-7-6-17(32(27,28)25-8-10-29-11-9-25)12-18(19)20(26)30-13-16-14-31-21(24-16)23-15-4-2-1-3-5-15/h1-7,12,14H,8-11,13H2,(H,23,24).